The number of nitrogens with one attached hydrogen (secondary N) is 2. The van der Waals surface area contributed by atoms with Crippen LogP contribution in [-0.4, -0.2) is 57.2 Å². The number of carbonyl (C=O) groups excluding carboxylic acids is 1. The summed E-state index contributed by atoms with van der Waals surface area (Å²) in [5, 5.41) is 6.41. The number of amides is 1. The fraction of sp³-hybridized carbons (Fsp3) is 0.333. The lowest BCUT2D eigenvalue weighted by Crippen LogP contribution is -2.21. The topological polar surface area (TPSA) is 75.7 Å². The van der Waals surface area contributed by atoms with E-state index in [4.69, 9.17) is 21.1 Å². The summed E-state index contributed by atoms with van der Waals surface area (Å²) in [6.07, 6.45) is 1.63. The van der Waals surface area contributed by atoms with Crippen molar-refractivity contribution in [3.63, 3.8) is 0 Å². The molecule has 26 heavy (non-hydrogen) atoms. The van der Waals surface area contributed by atoms with E-state index >= 15 is 0 Å². The van der Waals surface area contributed by atoms with Gasteiger partial charge in [0.25, 0.3) is 5.91 Å². The van der Waals surface area contributed by atoms with E-state index in [1.165, 1.54) is 14.2 Å². The molecule has 8 heteroatoms. The van der Waals surface area contributed by atoms with Gasteiger partial charge >= 0.3 is 0 Å². The molecule has 1 aromatic carbocycles. The van der Waals surface area contributed by atoms with Crippen LogP contribution < -0.4 is 20.1 Å². The number of carbonyl (C=O) groups is 1. The number of ether oxygens (including phenoxy) is 2. The number of hydrogen-bond donors (Lipinski definition) is 2. The second kappa shape index (κ2) is 9.26. The normalized spacial score (nSPS) is 10.5. The van der Waals surface area contributed by atoms with Crippen molar-refractivity contribution in [2.45, 2.75) is 0 Å². The van der Waals surface area contributed by atoms with E-state index in [0.29, 0.717) is 27.9 Å². The van der Waals surface area contributed by atoms with Gasteiger partial charge in [-0.05, 0) is 26.2 Å². The Labute approximate surface area is 158 Å². The molecule has 0 unspecified atom stereocenters. The smallest absolute Gasteiger partial charge is 0.274 e. The van der Waals surface area contributed by atoms with Crippen molar-refractivity contribution in [3.8, 4) is 11.5 Å². The molecule has 2 rings (SSSR count). The van der Waals surface area contributed by atoms with Gasteiger partial charge in [0, 0.05) is 25.2 Å². The Kier molecular flexibility index (Phi) is 7.06. The Balaban J connectivity index is 2.08. The Hall–Kier alpha value is -2.51. The number of aromatic nitrogens is 1. The number of nitrogens with zero attached hydrogens (tertiary/aromatic N) is 2. The number of benzene rings is 1. The second-order valence-electron chi connectivity index (χ2n) is 5.80. The highest BCUT2D eigenvalue weighted by Crippen LogP contribution is 2.36. The van der Waals surface area contributed by atoms with Gasteiger partial charge in [-0.3, -0.25) is 4.79 Å². The molecule has 7 nitrogen and oxygen atoms in total. The minimum atomic E-state index is -0.354. The molecule has 0 saturated carbocycles. The zero-order valence-corrected chi connectivity index (χ0v) is 16.1. The SMILES string of the molecule is COc1cc(NC(=O)c2ccc(NCCN(C)C)cn2)c(OC)cc1Cl. The van der Waals surface area contributed by atoms with Crippen LogP contribution in [0.25, 0.3) is 0 Å². The Bertz CT molecular complexity index is 751. The van der Waals surface area contributed by atoms with E-state index in [1.807, 2.05) is 20.2 Å². The molecule has 1 aromatic heterocycles. The molecule has 0 bridgehead atoms. The molecule has 0 spiro atoms. The Morgan fingerprint density at radius 1 is 1.19 bits per heavy atom. The fourth-order valence-corrected chi connectivity index (χ4v) is 2.43. The number of anilines is 2. The van der Waals surface area contributed by atoms with Crippen LogP contribution in [0.4, 0.5) is 11.4 Å². The highest BCUT2D eigenvalue weighted by Gasteiger charge is 2.14. The maximum atomic E-state index is 12.5. The molecule has 1 heterocycles. The predicted octanol–water partition coefficient (Wildman–Crippen LogP) is 2.98. The predicted molar refractivity (Wildman–Crippen MR) is 104 cm³/mol. The summed E-state index contributed by atoms with van der Waals surface area (Å²) in [5.74, 6) is 0.523. The molecule has 2 N–H and O–H groups in total. The molecule has 0 atom stereocenters. The van der Waals surface area contributed by atoms with Crippen molar-refractivity contribution in [3.05, 3.63) is 41.2 Å². The van der Waals surface area contributed by atoms with Crippen LogP contribution in [-0.2, 0) is 0 Å². The maximum Gasteiger partial charge on any atom is 0.274 e. The maximum absolute atomic E-state index is 12.5. The number of methoxy groups -OCH3 is 2. The first-order valence-corrected chi connectivity index (χ1v) is 8.40. The molecule has 2 aromatic rings. The first-order chi connectivity index (χ1) is 12.4. The van der Waals surface area contributed by atoms with E-state index in [-0.39, 0.29) is 5.91 Å². The molecule has 140 valence electrons. The van der Waals surface area contributed by atoms with Gasteiger partial charge < -0.3 is 25.0 Å². The number of halogens is 1. The third-order valence-corrected chi connectivity index (χ3v) is 3.90. The van der Waals surface area contributed by atoms with Gasteiger partial charge in [0.15, 0.2) is 0 Å². The third-order valence-electron chi connectivity index (χ3n) is 3.61. The van der Waals surface area contributed by atoms with Gasteiger partial charge in [0.1, 0.15) is 17.2 Å². The van der Waals surface area contributed by atoms with E-state index in [1.54, 1.807) is 24.4 Å². The minimum Gasteiger partial charge on any atom is -0.495 e. The molecule has 0 radical (unpaired) electrons. The molecular weight excluding hydrogens is 356 g/mol. The molecule has 0 fully saturated rings. The van der Waals surface area contributed by atoms with Crippen molar-refractivity contribution in [1.29, 1.82) is 0 Å². The van der Waals surface area contributed by atoms with E-state index in [0.717, 1.165) is 18.8 Å². The second-order valence-corrected chi connectivity index (χ2v) is 6.21. The number of hydrogen-bond acceptors (Lipinski definition) is 6. The average molecular weight is 379 g/mol. The van der Waals surface area contributed by atoms with Gasteiger partial charge in [-0.1, -0.05) is 11.6 Å². The highest BCUT2D eigenvalue weighted by molar-refractivity contribution is 6.32. The van der Waals surface area contributed by atoms with Crippen LogP contribution in [0.1, 0.15) is 10.5 Å². The zero-order chi connectivity index (χ0) is 19.1. The molecule has 0 aliphatic heterocycles. The lowest BCUT2D eigenvalue weighted by molar-refractivity contribution is 0.102. The van der Waals surface area contributed by atoms with Gasteiger partial charge in [0.05, 0.1) is 36.8 Å². The van der Waals surface area contributed by atoms with E-state index in [9.17, 15) is 4.79 Å². The molecular formula is C18H23ClN4O3. The highest BCUT2D eigenvalue weighted by atomic mass is 35.5. The summed E-state index contributed by atoms with van der Waals surface area (Å²) in [6.45, 7) is 1.70. The summed E-state index contributed by atoms with van der Waals surface area (Å²) >= 11 is 6.07. The van der Waals surface area contributed by atoms with Gasteiger partial charge in [-0.25, -0.2) is 4.98 Å². The number of pyridine rings is 1. The van der Waals surface area contributed by atoms with Gasteiger partial charge in [-0.2, -0.15) is 0 Å². The number of rotatable bonds is 8. The van der Waals surface area contributed by atoms with Crippen molar-refractivity contribution < 1.29 is 14.3 Å². The number of likely N-dealkylation sites (N-methyl/N-ethyl adjacent to an activating group) is 1. The fourth-order valence-electron chi connectivity index (χ4n) is 2.20. The van der Waals surface area contributed by atoms with E-state index in [2.05, 4.69) is 20.5 Å². The molecule has 0 aliphatic rings. The Morgan fingerprint density at radius 2 is 1.92 bits per heavy atom. The summed E-state index contributed by atoms with van der Waals surface area (Å²) in [5.41, 5.74) is 1.60. The van der Waals surface area contributed by atoms with Crippen LogP contribution in [0.3, 0.4) is 0 Å². The summed E-state index contributed by atoms with van der Waals surface area (Å²) in [4.78, 5) is 18.7. The lowest BCUT2D eigenvalue weighted by atomic mass is 10.2. The van der Waals surface area contributed by atoms with Crippen LogP contribution in [0, 0.1) is 0 Å². The first-order valence-electron chi connectivity index (χ1n) is 8.02. The van der Waals surface area contributed by atoms with Crippen LogP contribution in [0.2, 0.25) is 5.02 Å². The summed E-state index contributed by atoms with van der Waals surface area (Å²) in [7, 11) is 7.02. The van der Waals surface area contributed by atoms with Gasteiger partial charge in [-0.15, -0.1) is 0 Å². The Morgan fingerprint density at radius 3 is 2.50 bits per heavy atom. The minimum absolute atomic E-state index is 0.291. The largest absolute Gasteiger partial charge is 0.495 e. The lowest BCUT2D eigenvalue weighted by Gasteiger charge is -2.13. The summed E-state index contributed by atoms with van der Waals surface area (Å²) in [6, 6.07) is 6.67. The first kappa shape index (κ1) is 19.8. The van der Waals surface area contributed by atoms with Crippen LogP contribution in [0.15, 0.2) is 30.5 Å². The van der Waals surface area contributed by atoms with Crippen molar-refractivity contribution in [2.24, 2.45) is 0 Å². The van der Waals surface area contributed by atoms with E-state index < -0.39 is 0 Å². The van der Waals surface area contributed by atoms with Crippen LogP contribution in [0.5, 0.6) is 11.5 Å². The van der Waals surface area contributed by atoms with Crippen molar-refractivity contribution in [2.75, 3.05) is 52.0 Å². The molecule has 0 aliphatic carbocycles. The zero-order valence-electron chi connectivity index (χ0n) is 15.3. The summed E-state index contributed by atoms with van der Waals surface area (Å²) < 4.78 is 10.4. The standard InChI is InChI=1S/C18H23ClN4O3/c1-23(2)8-7-20-12-5-6-14(21-11-12)18(24)22-15-10-16(25-3)13(19)9-17(15)26-4/h5-6,9-11,20H,7-8H2,1-4H3,(H,22,24). The third kappa shape index (κ3) is 5.24. The molecule has 0 saturated heterocycles. The molecule has 1 amide bonds. The monoisotopic (exact) mass is 378 g/mol. The van der Waals surface area contributed by atoms with Gasteiger partial charge in [0.2, 0.25) is 0 Å². The van der Waals surface area contributed by atoms with Crippen molar-refractivity contribution >= 4 is 28.9 Å². The quantitative estimate of drug-likeness (QED) is 0.735. The van der Waals surface area contributed by atoms with Crippen LogP contribution >= 0.6 is 11.6 Å². The van der Waals surface area contributed by atoms with Crippen molar-refractivity contribution in [1.82, 2.24) is 9.88 Å². The average Bonchev–Trinajstić information content (AvgIpc) is 2.63.